The average Bonchev–Trinajstić information content (AvgIpc) is 3.02. The quantitative estimate of drug-likeness (QED) is 0.216. The number of likely N-dealkylation sites (tertiary alicyclic amines) is 1. The van der Waals surface area contributed by atoms with Gasteiger partial charge in [0.1, 0.15) is 17.4 Å². The molecule has 1 saturated carbocycles. The van der Waals surface area contributed by atoms with Crippen molar-refractivity contribution in [1.29, 1.82) is 0 Å². The standard InChI is InChI=1S/C18H26N4O.C17H24N4O2.C2H6/c1-13-7-3-2-6-10-22(12-13)16(18(20)21)11-15(19)14-8-4-5-9-17(14)23;1-12-18-8-15(9-19-12)20-4-2-14(3-5-20)21-10-17(11-21)6-13(7-17)16(22)23;1-2/h2,4-6,8-9,11,13,23H,3,7,10,12,19-21H2,1H3;8-9,13-14H,2-7,10-11H2,1H3,(H,22,23);1-2H3/b6-2-,15-11-;;. The molecule has 3 fully saturated rings. The summed E-state index contributed by atoms with van der Waals surface area (Å²) in [5.41, 5.74) is 21.1. The highest BCUT2D eigenvalue weighted by Gasteiger charge is 2.55. The number of phenolic OH excluding ortho intramolecular Hbond substituents is 1. The molecule has 48 heavy (non-hydrogen) atoms. The van der Waals surface area contributed by atoms with Crippen LogP contribution in [0.2, 0.25) is 0 Å². The topological polar surface area (TPSA) is 171 Å². The molecule has 1 aromatic heterocycles. The summed E-state index contributed by atoms with van der Waals surface area (Å²) in [5.74, 6) is 1.02. The van der Waals surface area contributed by atoms with Gasteiger partial charge in [-0.05, 0) is 75.0 Å². The summed E-state index contributed by atoms with van der Waals surface area (Å²) >= 11 is 0. The van der Waals surface area contributed by atoms with Crippen molar-refractivity contribution >= 4 is 17.4 Å². The molecule has 1 unspecified atom stereocenters. The van der Waals surface area contributed by atoms with Crippen molar-refractivity contribution in [2.45, 2.75) is 72.3 Å². The van der Waals surface area contributed by atoms with Gasteiger partial charge in [0.15, 0.2) is 0 Å². The number of allylic oxidation sites excluding steroid dienone is 2. The van der Waals surface area contributed by atoms with Gasteiger partial charge in [-0.1, -0.05) is 45.1 Å². The number of carboxylic acid groups (broad SMARTS) is 1. The molecule has 11 heteroatoms. The second-order valence-electron chi connectivity index (χ2n) is 13.6. The van der Waals surface area contributed by atoms with E-state index in [2.05, 4.69) is 43.7 Å². The van der Waals surface area contributed by atoms with Crippen molar-refractivity contribution in [3.8, 4) is 5.75 Å². The lowest BCUT2D eigenvalue weighted by Gasteiger charge is -2.61. The Kier molecular flexibility index (Phi) is 12.7. The molecule has 2 aromatic rings. The van der Waals surface area contributed by atoms with E-state index in [0.29, 0.717) is 34.3 Å². The highest BCUT2D eigenvalue weighted by Crippen LogP contribution is 2.53. The lowest BCUT2D eigenvalue weighted by molar-refractivity contribution is -0.164. The molecule has 1 aliphatic carbocycles. The highest BCUT2D eigenvalue weighted by atomic mass is 16.4. The zero-order valence-corrected chi connectivity index (χ0v) is 29.2. The van der Waals surface area contributed by atoms with Gasteiger partial charge in [-0.2, -0.15) is 0 Å². The van der Waals surface area contributed by atoms with Crippen LogP contribution in [-0.4, -0.2) is 81.3 Å². The molecule has 1 spiro atoms. The van der Waals surface area contributed by atoms with Gasteiger partial charge in [0, 0.05) is 56.6 Å². The maximum absolute atomic E-state index is 11.0. The number of phenols is 1. The molecule has 2 saturated heterocycles. The first kappa shape index (κ1) is 36.6. The fourth-order valence-corrected chi connectivity index (χ4v) is 7.27. The molecular weight excluding hydrogens is 604 g/mol. The Morgan fingerprint density at radius 3 is 2.25 bits per heavy atom. The van der Waals surface area contributed by atoms with E-state index in [1.54, 1.807) is 24.3 Å². The Hall–Kier alpha value is -4.25. The molecule has 1 aromatic carbocycles. The van der Waals surface area contributed by atoms with Crippen LogP contribution in [0.5, 0.6) is 5.75 Å². The fourth-order valence-electron chi connectivity index (χ4n) is 7.27. The average molecular weight is 661 g/mol. The van der Waals surface area contributed by atoms with Gasteiger partial charge in [-0.15, -0.1) is 0 Å². The van der Waals surface area contributed by atoms with Crippen LogP contribution in [0.25, 0.3) is 5.70 Å². The van der Waals surface area contributed by atoms with Crippen molar-refractivity contribution in [3.63, 3.8) is 0 Å². The summed E-state index contributed by atoms with van der Waals surface area (Å²) in [6.45, 7) is 14.0. The predicted molar refractivity (Wildman–Crippen MR) is 193 cm³/mol. The Morgan fingerprint density at radius 2 is 1.65 bits per heavy atom. The zero-order chi connectivity index (χ0) is 34.8. The molecule has 6 rings (SSSR count). The fraction of sp³-hybridized carbons (Fsp3) is 0.541. The number of aryl methyl sites for hydroxylation is 1. The number of nitrogens with two attached hydrogens (primary N) is 3. The van der Waals surface area contributed by atoms with Crippen molar-refractivity contribution in [2.24, 2.45) is 34.5 Å². The van der Waals surface area contributed by atoms with Crippen LogP contribution in [0.15, 0.2) is 66.4 Å². The third kappa shape index (κ3) is 9.21. The minimum Gasteiger partial charge on any atom is -0.507 e. The van der Waals surface area contributed by atoms with E-state index in [0.717, 1.165) is 76.5 Å². The number of rotatable bonds is 6. The summed E-state index contributed by atoms with van der Waals surface area (Å²) in [6, 6.07) is 7.61. The van der Waals surface area contributed by atoms with Crippen LogP contribution in [0.4, 0.5) is 5.69 Å². The molecule has 4 aliphatic rings. The number of benzene rings is 1. The predicted octanol–water partition coefficient (Wildman–Crippen LogP) is 4.64. The van der Waals surface area contributed by atoms with Gasteiger partial charge in [0.05, 0.1) is 29.7 Å². The number of nitrogens with zero attached hydrogens (tertiary/aromatic N) is 5. The maximum atomic E-state index is 11.0. The first-order valence-corrected chi connectivity index (χ1v) is 17.4. The van der Waals surface area contributed by atoms with Crippen LogP contribution >= 0.6 is 0 Å². The number of aromatic nitrogens is 2. The van der Waals surface area contributed by atoms with Gasteiger partial charge >= 0.3 is 5.97 Å². The molecule has 11 nitrogen and oxygen atoms in total. The monoisotopic (exact) mass is 660 g/mol. The number of para-hydroxylation sites is 1. The summed E-state index contributed by atoms with van der Waals surface area (Å²) in [4.78, 5) is 26.6. The molecular formula is C37H56N8O3. The maximum Gasteiger partial charge on any atom is 0.306 e. The number of piperidine rings is 1. The lowest BCUT2D eigenvalue weighted by atomic mass is 9.57. The molecule has 0 bridgehead atoms. The Morgan fingerprint density at radius 1 is 1.00 bits per heavy atom. The number of carbonyl (C=O) groups is 1. The van der Waals surface area contributed by atoms with Crippen molar-refractivity contribution in [1.82, 2.24) is 19.8 Å². The molecule has 262 valence electrons. The van der Waals surface area contributed by atoms with E-state index in [1.807, 2.05) is 39.2 Å². The molecule has 3 aliphatic heterocycles. The summed E-state index contributed by atoms with van der Waals surface area (Å²) < 4.78 is 0. The first-order chi connectivity index (χ1) is 23.0. The second-order valence-corrected chi connectivity index (χ2v) is 13.6. The minimum absolute atomic E-state index is 0.0828. The minimum atomic E-state index is -0.609. The van der Waals surface area contributed by atoms with E-state index in [1.165, 1.54) is 12.8 Å². The van der Waals surface area contributed by atoms with Gasteiger partial charge in [-0.3, -0.25) is 9.69 Å². The van der Waals surface area contributed by atoms with Crippen molar-refractivity contribution in [3.05, 3.63) is 77.8 Å². The van der Waals surface area contributed by atoms with Gasteiger partial charge in [-0.25, -0.2) is 9.97 Å². The van der Waals surface area contributed by atoms with Crippen LogP contribution in [0, 0.1) is 24.2 Å². The number of aliphatic carboxylic acids is 1. The molecule has 0 radical (unpaired) electrons. The lowest BCUT2D eigenvalue weighted by Crippen LogP contribution is -2.66. The van der Waals surface area contributed by atoms with Crippen LogP contribution in [0.3, 0.4) is 0 Å². The van der Waals surface area contributed by atoms with Crippen LogP contribution in [0.1, 0.15) is 70.7 Å². The van der Waals surface area contributed by atoms with Gasteiger partial charge in [0.25, 0.3) is 0 Å². The Balaban J connectivity index is 0.000000206. The van der Waals surface area contributed by atoms with Crippen molar-refractivity contribution < 1.29 is 15.0 Å². The van der Waals surface area contributed by atoms with Crippen LogP contribution < -0.4 is 22.1 Å². The number of hydrogen-bond acceptors (Lipinski definition) is 10. The van der Waals surface area contributed by atoms with E-state index < -0.39 is 5.97 Å². The van der Waals surface area contributed by atoms with E-state index in [4.69, 9.17) is 22.3 Å². The normalized spacial score (nSPS) is 22.0. The number of aromatic hydroxyl groups is 1. The highest BCUT2D eigenvalue weighted by molar-refractivity contribution is 5.71. The summed E-state index contributed by atoms with van der Waals surface area (Å²) in [6.07, 6.45) is 16.2. The Bertz CT molecular complexity index is 1430. The SMILES string of the molecule is CC.CC1CC/C=C\CN(C(/C=C(\N)c2ccccc2O)=C(N)N)C1.Cc1ncc(N2CCC(N3CC4(CC(C(=O)O)C4)C3)CC2)cn1. The first-order valence-electron chi connectivity index (χ1n) is 17.4. The zero-order valence-electron chi connectivity index (χ0n) is 29.2. The van der Waals surface area contributed by atoms with Gasteiger partial charge < -0.3 is 37.2 Å². The number of anilines is 1. The number of hydrogen-bond donors (Lipinski definition) is 5. The van der Waals surface area contributed by atoms with Gasteiger partial charge in [0.2, 0.25) is 0 Å². The second kappa shape index (κ2) is 16.7. The smallest absolute Gasteiger partial charge is 0.306 e. The van der Waals surface area contributed by atoms with E-state index in [-0.39, 0.29) is 17.5 Å². The molecule has 1 atom stereocenters. The summed E-state index contributed by atoms with van der Waals surface area (Å²) in [7, 11) is 0. The third-order valence-corrected chi connectivity index (χ3v) is 9.89. The summed E-state index contributed by atoms with van der Waals surface area (Å²) in [5, 5.41) is 19.0. The molecule has 4 heterocycles. The third-order valence-electron chi connectivity index (χ3n) is 9.89. The molecule has 8 N–H and O–H groups in total. The van der Waals surface area contributed by atoms with Crippen molar-refractivity contribution in [2.75, 3.05) is 44.2 Å². The van der Waals surface area contributed by atoms with Crippen LogP contribution in [-0.2, 0) is 4.79 Å². The molecule has 0 amide bonds. The van der Waals surface area contributed by atoms with E-state index >= 15 is 0 Å². The largest absolute Gasteiger partial charge is 0.507 e. The Labute approximate surface area is 286 Å². The van der Waals surface area contributed by atoms with E-state index in [9.17, 15) is 9.90 Å². The number of carboxylic acids is 1.